The molecule has 0 saturated carbocycles. The second-order valence-corrected chi connectivity index (χ2v) is 5.08. The molecule has 4 heteroatoms. The molecule has 2 atom stereocenters. The summed E-state index contributed by atoms with van der Waals surface area (Å²) in [5.74, 6) is 2.62. The van der Waals surface area contributed by atoms with Crippen molar-refractivity contribution < 1.29 is 14.3 Å². The Morgan fingerprint density at radius 1 is 1.29 bits per heavy atom. The van der Waals surface area contributed by atoms with Gasteiger partial charge < -0.3 is 19.6 Å². The molecule has 0 spiro atoms. The van der Waals surface area contributed by atoms with Gasteiger partial charge in [0.2, 0.25) is 0 Å². The predicted octanol–water partition coefficient (Wildman–Crippen LogP) is 3.23. The fourth-order valence-electron chi connectivity index (χ4n) is 2.17. The first-order valence-corrected chi connectivity index (χ1v) is 7.28. The molecule has 114 valence electrons. The molecular weight excluding hydrogens is 266 g/mol. The predicted molar refractivity (Wildman–Crippen MR) is 82.5 cm³/mol. The van der Waals surface area contributed by atoms with Gasteiger partial charge in [-0.3, -0.25) is 0 Å². The van der Waals surface area contributed by atoms with Crippen molar-refractivity contribution in [1.29, 1.82) is 0 Å². The minimum absolute atomic E-state index is 0.0607. The van der Waals surface area contributed by atoms with Crippen LogP contribution in [0.25, 0.3) is 0 Å². The maximum atomic E-state index is 10.2. The Kier molecular flexibility index (Phi) is 5.42. The minimum atomic E-state index is -0.580. The highest BCUT2D eigenvalue weighted by atomic mass is 16.5. The molecule has 0 bridgehead atoms. The zero-order valence-corrected chi connectivity index (χ0v) is 12.8. The minimum Gasteiger partial charge on any atom is -0.497 e. The van der Waals surface area contributed by atoms with Gasteiger partial charge in [-0.25, -0.2) is 0 Å². The molecule has 0 aliphatic rings. The number of aliphatic hydroxyl groups is 1. The van der Waals surface area contributed by atoms with E-state index in [-0.39, 0.29) is 6.04 Å². The van der Waals surface area contributed by atoms with E-state index in [1.807, 2.05) is 43.3 Å². The van der Waals surface area contributed by atoms with Gasteiger partial charge in [0.25, 0.3) is 0 Å². The molecule has 0 unspecified atom stereocenters. The van der Waals surface area contributed by atoms with E-state index in [0.717, 1.165) is 29.3 Å². The van der Waals surface area contributed by atoms with Crippen LogP contribution in [-0.2, 0) is 6.42 Å². The smallest absolute Gasteiger partial charge is 0.120 e. The monoisotopic (exact) mass is 289 g/mol. The van der Waals surface area contributed by atoms with Gasteiger partial charge in [-0.1, -0.05) is 19.1 Å². The third kappa shape index (κ3) is 4.09. The quantitative estimate of drug-likeness (QED) is 0.821. The molecule has 0 amide bonds. The first-order chi connectivity index (χ1) is 10.1. The normalized spacial score (nSPS) is 13.9. The topological polar surface area (TPSA) is 54.6 Å². The fourth-order valence-corrected chi connectivity index (χ4v) is 2.17. The average molecular weight is 289 g/mol. The summed E-state index contributed by atoms with van der Waals surface area (Å²) < 4.78 is 10.9. The fraction of sp³-hybridized carbons (Fsp3) is 0.412. The van der Waals surface area contributed by atoms with E-state index >= 15 is 0 Å². The molecule has 0 aliphatic carbocycles. The number of benzene rings is 1. The molecule has 1 aromatic carbocycles. The Bertz CT molecular complexity index is 565. The van der Waals surface area contributed by atoms with Crippen LogP contribution in [0.4, 0.5) is 0 Å². The van der Waals surface area contributed by atoms with Crippen LogP contribution in [-0.4, -0.2) is 18.8 Å². The summed E-state index contributed by atoms with van der Waals surface area (Å²) in [6.07, 6.45) is 0.308. The summed E-state index contributed by atoms with van der Waals surface area (Å²) in [4.78, 5) is 0. The van der Waals surface area contributed by atoms with Crippen molar-refractivity contribution in [3.8, 4) is 5.75 Å². The zero-order chi connectivity index (χ0) is 15.2. The van der Waals surface area contributed by atoms with Crippen molar-refractivity contribution in [2.24, 2.45) is 0 Å². The number of ether oxygens (including phenoxy) is 1. The highest BCUT2D eigenvalue weighted by molar-refractivity contribution is 5.30. The lowest BCUT2D eigenvalue weighted by atomic mass is 10.1. The molecule has 2 aromatic rings. The number of aliphatic hydroxyl groups excluding tert-OH is 1. The van der Waals surface area contributed by atoms with Crippen molar-refractivity contribution in [3.05, 3.63) is 53.5 Å². The number of furan rings is 1. The number of hydrogen-bond acceptors (Lipinski definition) is 4. The van der Waals surface area contributed by atoms with E-state index in [9.17, 15) is 5.11 Å². The van der Waals surface area contributed by atoms with Crippen molar-refractivity contribution >= 4 is 0 Å². The van der Waals surface area contributed by atoms with Crippen LogP contribution in [0.2, 0.25) is 0 Å². The van der Waals surface area contributed by atoms with E-state index in [2.05, 4.69) is 12.2 Å². The molecule has 2 N–H and O–H groups in total. The van der Waals surface area contributed by atoms with Crippen LogP contribution < -0.4 is 10.1 Å². The highest BCUT2D eigenvalue weighted by Crippen LogP contribution is 2.20. The second-order valence-electron chi connectivity index (χ2n) is 5.08. The van der Waals surface area contributed by atoms with E-state index in [1.165, 1.54) is 0 Å². The van der Waals surface area contributed by atoms with Gasteiger partial charge in [-0.2, -0.15) is 0 Å². The standard InChI is InChI=1S/C17H23NO3/c1-4-14-8-9-17(21-14)12(2)18-11-16(19)13-6-5-7-15(10-13)20-3/h5-10,12,16,18-19H,4,11H2,1-3H3/t12-,16-/m1/s1. The number of rotatable bonds is 7. The molecular formula is C17H23NO3. The van der Waals surface area contributed by atoms with Crippen LogP contribution in [0.3, 0.4) is 0 Å². The van der Waals surface area contributed by atoms with E-state index in [4.69, 9.17) is 9.15 Å². The number of aryl methyl sites for hydroxylation is 1. The highest BCUT2D eigenvalue weighted by Gasteiger charge is 2.13. The van der Waals surface area contributed by atoms with Crippen LogP contribution in [0.1, 0.15) is 43.1 Å². The summed E-state index contributed by atoms with van der Waals surface area (Å²) in [5, 5.41) is 13.5. The Morgan fingerprint density at radius 2 is 2.10 bits per heavy atom. The molecule has 0 aliphatic heterocycles. The largest absolute Gasteiger partial charge is 0.497 e. The van der Waals surface area contributed by atoms with Crippen molar-refractivity contribution in [2.45, 2.75) is 32.4 Å². The van der Waals surface area contributed by atoms with Crippen LogP contribution in [0.15, 0.2) is 40.8 Å². The summed E-state index contributed by atoms with van der Waals surface area (Å²) in [6, 6.07) is 11.5. The van der Waals surface area contributed by atoms with Crippen molar-refractivity contribution in [1.82, 2.24) is 5.32 Å². The van der Waals surface area contributed by atoms with Gasteiger partial charge in [-0.05, 0) is 36.8 Å². The van der Waals surface area contributed by atoms with Gasteiger partial charge in [-0.15, -0.1) is 0 Å². The first kappa shape index (κ1) is 15.6. The van der Waals surface area contributed by atoms with E-state index in [0.29, 0.717) is 6.54 Å². The van der Waals surface area contributed by atoms with Gasteiger partial charge in [0, 0.05) is 13.0 Å². The average Bonchev–Trinajstić information content (AvgIpc) is 3.01. The lowest BCUT2D eigenvalue weighted by molar-refractivity contribution is 0.168. The Balaban J connectivity index is 1.92. The Labute approximate surface area is 125 Å². The van der Waals surface area contributed by atoms with Crippen molar-refractivity contribution in [3.63, 3.8) is 0 Å². The maximum absolute atomic E-state index is 10.2. The van der Waals surface area contributed by atoms with E-state index < -0.39 is 6.10 Å². The third-order valence-corrected chi connectivity index (χ3v) is 3.55. The molecule has 1 aromatic heterocycles. The third-order valence-electron chi connectivity index (χ3n) is 3.55. The summed E-state index contributed by atoms with van der Waals surface area (Å²) in [7, 11) is 1.62. The number of nitrogens with one attached hydrogen (secondary N) is 1. The molecule has 1 heterocycles. The SMILES string of the molecule is CCc1ccc([C@@H](C)NC[C@@H](O)c2cccc(OC)c2)o1. The molecule has 0 radical (unpaired) electrons. The molecule has 0 fully saturated rings. The van der Waals surface area contributed by atoms with Crippen LogP contribution >= 0.6 is 0 Å². The van der Waals surface area contributed by atoms with Gasteiger partial charge in [0.05, 0.1) is 19.3 Å². The molecule has 2 rings (SSSR count). The van der Waals surface area contributed by atoms with Crippen LogP contribution in [0, 0.1) is 0 Å². The van der Waals surface area contributed by atoms with Gasteiger partial charge in [0.15, 0.2) is 0 Å². The lowest BCUT2D eigenvalue weighted by Gasteiger charge is -2.16. The summed E-state index contributed by atoms with van der Waals surface area (Å²) in [6.45, 7) is 4.54. The maximum Gasteiger partial charge on any atom is 0.120 e. The van der Waals surface area contributed by atoms with Gasteiger partial charge >= 0.3 is 0 Å². The molecule has 21 heavy (non-hydrogen) atoms. The molecule has 4 nitrogen and oxygen atoms in total. The number of methoxy groups -OCH3 is 1. The van der Waals surface area contributed by atoms with Crippen molar-refractivity contribution in [2.75, 3.05) is 13.7 Å². The van der Waals surface area contributed by atoms with Gasteiger partial charge in [0.1, 0.15) is 17.3 Å². The number of hydrogen-bond donors (Lipinski definition) is 2. The Morgan fingerprint density at radius 3 is 2.76 bits per heavy atom. The van der Waals surface area contributed by atoms with E-state index in [1.54, 1.807) is 7.11 Å². The van der Waals surface area contributed by atoms with Crippen LogP contribution in [0.5, 0.6) is 5.75 Å². The Hall–Kier alpha value is -1.78. The summed E-state index contributed by atoms with van der Waals surface area (Å²) >= 11 is 0. The molecule has 0 saturated heterocycles. The second kappa shape index (κ2) is 7.29. The zero-order valence-electron chi connectivity index (χ0n) is 12.8. The first-order valence-electron chi connectivity index (χ1n) is 7.28. The lowest BCUT2D eigenvalue weighted by Crippen LogP contribution is -2.24. The summed E-state index contributed by atoms with van der Waals surface area (Å²) in [5.41, 5.74) is 0.836.